The van der Waals surface area contributed by atoms with Crippen molar-refractivity contribution in [2.45, 2.75) is 0 Å². The fraction of sp³-hybridized carbons (Fsp3) is 0. The summed E-state index contributed by atoms with van der Waals surface area (Å²) >= 11 is 0. The van der Waals surface area contributed by atoms with Crippen molar-refractivity contribution in [1.29, 1.82) is 0 Å². The summed E-state index contributed by atoms with van der Waals surface area (Å²) in [6.07, 6.45) is 1.22. The number of rotatable bonds is 1. The molecule has 1 heterocycles. The molecule has 1 aromatic heterocycles. The maximum absolute atomic E-state index is 13.4. The first kappa shape index (κ1) is 10.5. The molecule has 2 N–H and O–H groups in total. The van der Waals surface area contributed by atoms with Gasteiger partial charge in [0, 0.05) is 17.7 Å². The molecule has 0 radical (unpaired) electrons. The summed E-state index contributed by atoms with van der Waals surface area (Å²) in [5.41, 5.74) is 5.37. The lowest BCUT2D eigenvalue weighted by Crippen LogP contribution is -1.94. The van der Waals surface area contributed by atoms with Gasteiger partial charge < -0.3 is 5.73 Å². The van der Waals surface area contributed by atoms with Gasteiger partial charge in [0.1, 0.15) is 17.3 Å². The van der Waals surface area contributed by atoms with Crippen LogP contribution in [0.2, 0.25) is 0 Å². The number of pyridine rings is 1. The van der Waals surface area contributed by atoms with Gasteiger partial charge >= 0.3 is 0 Å². The molecule has 0 amide bonds. The van der Waals surface area contributed by atoms with E-state index >= 15 is 0 Å². The molecule has 0 unspecified atom stereocenters. The number of nitrogens with zero attached hydrogens (tertiary/aromatic N) is 1. The Morgan fingerprint density at radius 2 is 1.56 bits per heavy atom. The lowest BCUT2D eigenvalue weighted by molar-refractivity contribution is 0.583. The predicted molar refractivity (Wildman–Crippen MR) is 54.0 cm³/mol. The Morgan fingerprint density at radius 1 is 0.938 bits per heavy atom. The van der Waals surface area contributed by atoms with Crippen LogP contribution in [0, 0.1) is 17.5 Å². The maximum Gasteiger partial charge on any atom is 0.151 e. The van der Waals surface area contributed by atoms with E-state index in [1.54, 1.807) is 0 Å². The Bertz CT molecular complexity index is 520. The lowest BCUT2D eigenvalue weighted by atomic mass is 10.1. The SMILES string of the molecule is Nc1cnc(-c2cc(F)cc(F)c2)c(F)c1. The Labute approximate surface area is 89.5 Å². The number of nitrogens with two attached hydrogens (primary N) is 1. The summed E-state index contributed by atoms with van der Waals surface area (Å²) in [7, 11) is 0. The highest BCUT2D eigenvalue weighted by atomic mass is 19.1. The summed E-state index contributed by atoms with van der Waals surface area (Å²) in [5.74, 6) is -2.29. The minimum absolute atomic E-state index is 0.0370. The minimum atomic E-state index is -0.784. The number of nitrogen functional groups attached to an aromatic ring is 1. The first-order chi connectivity index (χ1) is 7.56. The van der Waals surface area contributed by atoms with E-state index in [9.17, 15) is 13.2 Å². The van der Waals surface area contributed by atoms with Gasteiger partial charge in [-0.25, -0.2) is 13.2 Å². The highest BCUT2D eigenvalue weighted by Crippen LogP contribution is 2.23. The highest BCUT2D eigenvalue weighted by molar-refractivity contribution is 5.61. The number of anilines is 1. The van der Waals surface area contributed by atoms with Crippen LogP contribution < -0.4 is 5.73 Å². The van der Waals surface area contributed by atoms with E-state index in [1.165, 1.54) is 6.20 Å². The molecular weight excluding hydrogens is 217 g/mol. The fourth-order valence-corrected chi connectivity index (χ4v) is 1.36. The zero-order valence-electron chi connectivity index (χ0n) is 8.05. The molecule has 0 saturated carbocycles. The minimum Gasteiger partial charge on any atom is -0.397 e. The number of hydrogen-bond donors (Lipinski definition) is 1. The van der Waals surface area contributed by atoms with Gasteiger partial charge in [-0.15, -0.1) is 0 Å². The van der Waals surface area contributed by atoms with Gasteiger partial charge in [0.25, 0.3) is 0 Å². The molecule has 0 bridgehead atoms. The summed E-state index contributed by atoms with van der Waals surface area (Å²) in [6, 6.07) is 3.76. The standard InChI is InChI=1S/C11H7F3N2/c12-7-1-6(2-8(13)3-7)11-10(14)4-9(15)5-16-11/h1-5H,15H2. The second-order valence-corrected chi connectivity index (χ2v) is 3.26. The molecule has 0 atom stereocenters. The van der Waals surface area contributed by atoms with Crippen molar-refractivity contribution in [3.8, 4) is 11.3 Å². The molecule has 0 saturated heterocycles. The van der Waals surface area contributed by atoms with E-state index in [2.05, 4.69) is 4.98 Å². The number of benzene rings is 1. The molecule has 5 heteroatoms. The van der Waals surface area contributed by atoms with Crippen molar-refractivity contribution in [2.75, 3.05) is 5.73 Å². The van der Waals surface area contributed by atoms with Crippen LogP contribution in [-0.4, -0.2) is 4.98 Å². The van der Waals surface area contributed by atoms with E-state index < -0.39 is 17.5 Å². The monoisotopic (exact) mass is 224 g/mol. The second-order valence-electron chi connectivity index (χ2n) is 3.26. The van der Waals surface area contributed by atoms with Gasteiger partial charge in [0.05, 0.1) is 11.9 Å². The largest absolute Gasteiger partial charge is 0.397 e. The molecule has 0 spiro atoms. The van der Waals surface area contributed by atoms with Crippen LogP contribution >= 0.6 is 0 Å². The van der Waals surface area contributed by atoms with Crippen molar-refractivity contribution >= 4 is 5.69 Å². The Kier molecular flexibility index (Phi) is 2.52. The second kappa shape index (κ2) is 3.84. The molecule has 0 fully saturated rings. The van der Waals surface area contributed by atoms with Crippen LogP contribution in [0.4, 0.5) is 18.9 Å². The molecular formula is C11H7F3N2. The normalized spacial score (nSPS) is 10.4. The molecule has 16 heavy (non-hydrogen) atoms. The van der Waals surface area contributed by atoms with Crippen molar-refractivity contribution < 1.29 is 13.2 Å². The predicted octanol–water partition coefficient (Wildman–Crippen LogP) is 2.75. The zero-order chi connectivity index (χ0) is 11.7. The maximum atomic E-state index is 13.4. The van der Waals surface area contributed by atoms with Gasteiger partial charge in [-0.3, -0.25) is 4.98 Å². The number of hydrogen-bond acceptors (Lipinski definition) is 2. The fourth-order valence-electron chi connectivity index (χ4n) is 1.36. The van der Waals surface area contributed by atoms with Gasteiger partial charge in [0.2, 0.25) is 0 Å². The number of aromatic nitrogens is 1. The van der Waals surface area contributed by atoms with Crippen LogP contribution in [0.15, 0.2) is 30.5 Å². The molecule has 0 aliphatic carbocycles. The third-order valence-corrected chi connectivity index (χ3v) is 2.00. The zero-order valence-corrected chi connectivity index (χ0v) is 8.05. The third-order valence-electron chi connectivity index (χ3n) is 2.00. The van der Waals surface area contributed by atoms with E-state index in [-0.39, 0.29) is 16.9 Å². The lowest BCUT2D eigenvalue weighted by Gasteiger charge is -2.03. The van der Waals surface area contributed by atoms with E-state index in [4.69, 9.17) is 5.73 Å². The topological polar surface area (TPSA) is 38.9 Å². The van der Waals surface area contributed by atoms with Crippen molar-refractivity contribution in [1.82, 2.24) is 4.98 Å². The first-order valence-corrected chi connectivity index (χ1v) is 4.44. The Balaban J connectivity index is 2.58. The van der Waals surface area contributed by atoms with Crippen LogP contribution in [0.5, 0.6) is 0 Å². The van der Waals surface area contributed by atoms with E-state index in [1.807, 2.05) is 0 Å². The molecule has 2 aromatic rings. The average molecular weight is 224 g/mol. The van der Waals surface area contributed by atoms with Crippen molar-refractivity contribution in [3.63, 3.8) is 0 Å². The molecule has 2 nitrogen and oxygen atoms in total. The first-order valence-electron chi connectivity index (χ1n) is 4.44. The number of halogens is 3. The molecule has 82 valence electrons. The van der Waals surface area contributed by atoms with Gasteiger partial charge in [-0.2, -0.15) is 0 Å². The smallest absolute Gasteiger partial charge is 0.151 e. The van der Waals surface area contributed by atoms with Crippen molar-refractivity contribution in [2.24, 2.45) is 0 Å². The summed E-state index contributed by atoms with van der Waals surface area (Å²) in [4.78, 5) is 3.70. The van der Waals surface area contributed by atoms with E-state index in [0.29, 0.717) is 6.07 Å². The van der Waals surface area contributed by atoms with Crippen LogP contribution in [0.25, 0.3) is 11.3 Å². The van der Waals surface area contributed by atoms with Crippen LogP contribution in [-0.2, 0) is 0 Å². The van der Waals surface area contributed by atoms with Gasteiger partial charge in [-0.05, 0) is 12.1 Å². The molecule has 0 aliphatic rings. The van der Waals surface area contributed by atoms with Crippen molar-refractivity contribution in [3.05, 3.63) is 47.9 Å². The molecule has 0 aliphatic heterocycles. The average Bonchev–Trinajstić information content (AvgIpc) is 2.15. The van der Waals surface area contributed by atoms with Gasteiger partial charge in [0.15, 0.2) is 5.82 Å². The Hall–Kier alpha value is -2.04. The quantitative estimate of drug-likeness (QED) is 0.808. The van der Waals surface area contributed by atoms with Crippen LogP contribution in [0.1, 0.15) is 0 Å². The summed E-state index contributed by atoms with van der Waals surface area (Å²) in [6.45, 7) is 0. The highest BCUT2D eigenvalue weighted by Gasteiger charge is 2.09. The van der Waals surface area contributed by atoms with Crippen LogP contribution in [0.3, 0.4) is 0 Å². The van der Waals surface area contributed by atoms with Gasteiger partial charge in [-0.1, -0.05) is 0 Å². The Morgan fingerprint density at radius 3 is 2.12 bits per heavy atom. The van der Waals surface area contributed by atoms with E-state index in [0.717, 1.165) is 18.2 Å². The summed E-state index contributed by atoms with van der Waals surface area (Å²) < 4.78 is 39.2. The summed E-state index contributed by atoms with van der Waals surface area (Å²) in [5, 5.41) is 0. The molecule has 2 rings (SSSR count). The third kappa shape index (κ3) is 1.98. The molecule has 1 aromatic carbocycles.